The molecule has 118 valence electrons. The molecule has 2 atom stereocenters. The second kappa shape index (κ2) is 6.93. The van der Waals surface area contributed by atoms with Gasteiger partial charge in [-0.2, -0.15) is 0 Å². The highest BCUT2D eigenvalue weighted by Gasteiger charge is 2.37. The zero-order valence-electron chi connectivity index (χ0n) is 14.2. The number of benzene rings is 1. The van der Waals surface area contributed by atoms with E-state index in [9.17, 15) is 0 Å². The SMILES string of the molecule is CC(C)N(Cc1ccccc1)CC1CCCC(C)(C)C1N. The van der Waals surface area contributed by atoms with Crippen molar-refractivity contribution in [3.8, 4) is 0 Å². The van der Waals surface area contributed by atoms with Crippen LogP contribution in [0.25, 0.3) is 0 Å². The molecule has 2 unspecified atom stereocenters. The first-order valence-electron chi connectivity index (χ1n) is 8.43. The number of rotatable bonds is 5. The second-order valence-corrected chi connectivity index (χ2v) is 7.68. The fourth-order valence-corrected chi connectivity index (χ4v) is 3.59. The molecule has 0 amide bonds. The minimum absolute atomic E-state index is 0.290. The standard InChI is InChI=1S/C19H32N2/c1-15(2)21(13-16-9-6-5-7-10-16)14-17-11-8-12-19(3,4)18(17)20/h5-7,9-10,15,17-18H,8,11-14,20H2,1-4H3. The summed E-state index contributed by atoms with van der Waals surface area (Å²) in [4.78, 5) is 2.58. The maximum atomic E-state index is 6.57. The lowest BCUT2D eigenvalue weighted by atomic mass is 9.68. The summed E-state index contributed by atoms with van der Waals surface area (Å²) in [7, 11) is 0. The van der Waals surface area contributed by atoms with E-state index in [1.54, 1.807) is 0 Å². The normalized spacial score (nSPS) is 25.5. The predicted molar refractivity (Wildman–Crippen MR) is 91.1 cm³/mol. The Hall–Kier alpha value is -0.860. The van der Waals surface area contributed by atoms with E-state index < -0.39 is 0 Å². The summed E-state index contributed by atoms with van der Waals surface area (Å²) in [5.41, 5.74) is 8.26. The summed E-state index contributed by atoms with van der Waals surface area (Å²) in [6, 6.07) is 11.7. The molecule has 1 aliphatic rings. The summed E-state index contributed by atoms with van der Waals surface area (Å²) in [6.07, 6.45) is 3.87. The van der Waals surface area contributed by atoms with Crippen molar-refractivity contribution in [3.05, 3.63) is 35.9 Å². The van der Waals surface area contributed by atoms with Crippen LogP contribution >= 0.6 is 0 Å². The third-order valence-corrected chi connectivity index (χ3v) is 5.23. The van der Waals surface area contributed by atoms with Gasteiger partial charge in [0.05, 0.1) is 0 Å². The fraction of sp³-hybridized carbons (Fsp3) is 0.684. The van der Waals surface area contributed by atoms with Crippen molar-refractivity contribution >= 4 is 0 Å². The van der Waals surface area contributed by atoms with Gasteiger partial charge in [-0.25, -0.2) is 0 Å². The van der Waals surface area contributed by atoms with Gasteiger partial charge in [0.15, 0.2) is 0 Å². The molecule has 21 heavy (non-hydrogen) atoms. The fourth-order valence-electron chi connectivity index (χ4n) is 3.59. The molecular weight excluding hydrogens is 256 g/mol. The maximum Gasteiger partial charge on any atom is 0.0236 e. The molecule has 1 aromatic carbocycles. The topological polar surface area (TPSA) is 29.3 Å². The summed E-state index contributed by atoms with van der Waals surface area (Å²) in [5, 5.41) is 0. The largest absolute Gasteiger partial charge is 0.327 e. The molecule has 1 aromatic rings. The Morgan fingerprint density at radius 3 is 2.52 bits per heavy atom. The molecule has 0 aromatic heterocycles. The summed E-state index contributed by atoms with van der Waals surface area (Å²) < 4.78 is 0. The average molecular weight is 288 g/mol. The third kappa shape index (κ3) is 4.31. The molecule has 1 saturated carbocycles. The van der Waals surface area contributed by atoms with Crippen LogP contribution in [-0.2, 0) is 6.54 Å². The van der Waals surface area contributed by atoms with Crippen molar-refractivity contribution in [2.75, 3.05) is 6.54 Å². The van der Waals surface area contributed by atoms with Gasteiger partial charge in [-0.15, -0.1) is 0 Å². The Bertz CT molecular complexity index is 424. The van der Waals surface area contributed by atoms with Gasteiger partial charge < -0.3 is 5.73 Å². The van der Waals surface area contributed by atoms with Crippen LogP contribution in [0, 0.1) is 11.3 Å². The van der Waals surface area contributed by atoms with Gasteiger partial charge in [0.25, 0.3) is 0 Å². The zero-order valence-corrected chi connectivity index (χ0v) is 14.2. The van der Waals surface area contributed by atoms with Crippen molar-refractivity contribution in [3.63, 3.8) is 0 Å². The van der Waals surface area contributed by atoms with E-state index in [1.807, 2.05) is 0 Å². The lowest BCUT2D eigenvalue weighted by molar-refractivity contribution is 0.0864. The molecule has 2 nitrogen and oxygen atoms in total. The van der Waals surface area contributed by atoms with Crippen LogP contribution in [0.1, 0.15) is 52.5 Å². The smallest absolute Gasteiger partial charge is 0.0236 e. The number of nitrogens with zero attached hydrogens (tertiary/aromatic N) is 1. The Balaban J connectivity index is 2.03. The molecule has 1 aliphatic carbocycles. The molecule has 0 radical (unpaired) electrons. The van der Waals surface area contributed by atoms with Crippen molar-refractivity contribution in [1.29, 1.82) is 0 Å². The van der Waals surface area contributed by atoms with E-state index in [1.165, 1.54) is 24.8 Å². The lowest BCUT2D eigenvalue weighted by Gasteiger charge is -2.44. The van der Waals surface area contributed by atoms with Gasteiger partial charge >= 0.3 is 0 Å². The third-order valence-electron chi connectivity index (χ3n) is 5.23. The second-order valence-electron chi connectivity index (χ2n) is 7.68. The van der Waals surface area contributed by atoms with Crippen LogP contribution in [0.5, 0.6) is 0 Å². The minimum Gasteiger partial charge on any atom is -0.327 e. The predicted octanol–water partition coefficient (Wildman–Crippen LogP) is 4.05. The van der Waals surface area contributed by atoms with Gasteiger partial charge in [0.2, 0.25) is 0 Å². The van der Waals surface area contributed by atoms with Crippen molar-refractivity contribution in [1.82, 2.24) is 4.90 Å². The molecule has 0 spiro atoms. The first kappa shape index (κ1) is 16.5. The highest BCUT2D eigenvalue weighted by molar-refractivity contribution is 5.14. The van der Waals surface area contributed by atoms with E-state index in [4.69, 9.17) is 5.73 Å². The van der Waals surface area contributed by atoms with Crippen LogP contribution in [0.2, 0.25) is 0 Å². The van der Waals surface area contributed by atoms with Gasteiger partial charge in [0.1, 0.15) is 0 Å². The maximum absolute atomic E-state index is 6.57. The molecule has 2 rings (SSSR count). The number of hydrogen-bond acceptors (Lipinski definition) is 2. The molecule has 0 aliphatic heterocycles. The number of hydrogen-bond donors (Lipinski definition) is 1. The quantitative estimate of drug-likeness (QED) is 0.885. The van der Waals surface area contributed by atoms with E-state index in [-0.39, 0.29) is 5.41 Å². The van der Waals surface area contributed by atoms with Gasteiger partial charge in [-0.05, 0) is 43.6 Å². The van der Waals surface area contributed by atoms with Gasteiger partial charge in [-0.3, -0.25) is 4.90 Å². The van der Waals surface area contributed by atoms with E-state index in [2.05, 4.69) is 62.9 Å². The Labute approximate surface area is 130 Å². The lowest BCUT2D eigenvalue weighted by Crippen LogP contribution is -2.51. The zero-order chi connectivity index (χ0) is 15.5. The highest BCUT2D eigenvalue weighted by atomic mass is 15.1. The molecule has 2 N–H and O–H groups in total. The van der Waals surface area contributed by atoms with Gasteiger partial charge in [-0.1, -0.05) is 50.6 Å². The summed E-state index contributed by atoms with van der Waals surface area (Å²) in [5.74, 6) is 0.625. The molecule has 0 bridgehead atoms. The van der Waals surface area contributed by atoms with Crippen molar-refractivity contribution in [2.24, 2.45) is 17.1 Å². The van der Waals surface area contributed by atoms with Crippen molar-refractivity contribution < 1.29 is 0 Å². The Morgan fingerprint density at radius 1 is 1.24 bits per heavy atom. The molecule has 2 heteroatoms. The molecule has 1 fully saturated rings. The van der Waals surface area contributed by atoms with E-state index in [0.717, 1.165) is 13.1 Å². The van der Waals surface area contributed by atoms with E-state index >= 15 is 0 Å². The molecular formula is C19H32N2. The van der Waals surface area contributed by atoms with Crippen LogP contribution < -0.4 is 5.73 Å². The Kier molecular flexibility index (Phi) is 5.45. The van der Waals surface area contributed by atoms with Gasteiger partial charge in [0, 0.05) is 25.2 Å². The number of nitrogens with two attached hydrogens (primary N) is 1. The Morgan fingerprint density at radius 2 is 1.90 bits per heavy atom. The van der Waals surface area contributed by atoms with Crippen LogP contribution in [0.4, 0.5) is 0 Å². The average Bonchev–Trinajstić information content (AvgIpc) is 2.44. The van der Waals surface area contributed by atoms with Crippen LogP contribution in [-0.4, -0.2) is 23.5 Å². The first-order chi connectivity index (χ1) is 9.90. The minimum atomic E-state index is 0.290. The van der Waals surface area contributed by atoms with Crippen LogP contribution in [0.3, 0.4) is 0 Å². The highest BCUT2D eigenvalue weighted by Crippen LogP contribution is 2.38. The first-order valence-corrected chi connectivity index (χ1v) is 8.43. The molecule has 0 saturated heterocycles. The monoisotopic (exact) mass is 288 g/mol. The molecule has 0 heterocycles. The van der Waals surface area contributed by atoms with Crippen molar-refractivity contribution in [2.45, 2.75) is 65.6 Å². The summed E-state index contributed by atoms with van der Waals surface area (Å²) >= 11 is 0. The summed E-state index contributed by atoms with van der Waals surface area (Å²) in [6.45, 7) is 11.4. The van der Waals surface area contributed by atoms with Crippen LogP contribution in [0.15, 0.2) is 30.3 Å². The van der Waals surface area contributed by atoms with E-state index in [0.29, 0.717) is 18.0 Å².